The zero-order chi connectivity index (χ0) is 37.8. The average Bonchev–Trinajstić information content (AvgIpc) is 3.46. The predicted molar refractivity (Wildman–Crippen MR) is 201 cm³/mol. The van der Waals surface area contributed by atoms with Crippen molar-refractivity contribution in [3.05, 3.63) is 124 Å². The number of carbonyl (C=O) groups excluding carboxylic acids is 1. The van der Waals surface area contributed by atoms with E-state index in [-0.39, 0.29) is 48.0 Å². The number of aromatic nitrogens is 1. The first kappa shape index (κ1) is 37.9. The summed E-state index contributed by atoms with van der Waals surface area (Å²) < 4.78 is 55.9. The van der Waals surface area contributed by atoms with E-state index < -0.39 is 45.5 Å². The molecule has 1 aromatic heterocycles. The lowest BCUT2D eigenvalue weighted by Crippen LogP contribution is -2.47. The van der Waals surface area contributed by atoms with Crippen LogP contribution in [-0.2, 0) is 34.4 Å². The van der Waals surface area contributed by atoms with Crippen LogP contribution in [0.25, 0.3) is 0 Å². The molecule has 13 nitrogen and oxygen atoms in total. The molecule has 4 atom stereocenters. The molecular formula is C38H41N3O10S2. The summed E-state index contributed by atoms with van der Waals surface area (Å²) >= 11 is 5.59. The second-order valence-electron chi connectivity index (χ2n) is 12.7. The van der Waals surface area contributed by atoms with Crippen molar-refractivity contribution in [3.63, 3.8) is 0 Å². The Hall–Kier alpha value is -4.80. The summed E-state index contributed by atoms with van der Waals surface area (Å²) in [7, 11) is -0.0271. The molecule has 3 aromatic carbocycles. The number of ether oxygens (including phenoxy) is 5. The van der Waals surface area contributed by atoms with Crippen molar-refractivity contribution < 1.29 is 42.0 Å². The molecule has 0 radical (unpaired) electrons. The van der Waals surface area contributed by atoms with Crippen LogP contribution in [-0.4, -0.2) is 97.8 Å². The van der Waals surface area contributed by atoms with E-state index in [1.165, 1.54) is 29.8 Å². The molecule has 15 heteroatoms. The van der Waals surface area contributed by atoms with Crippen LogP contribution < -0.4 is 20.3 Å². The van der Waals surface area contributed by atoms with Crippen LogP contribution in [0.5, 0.6) is 11.5 Å². The molecule has 2 unspecified atom stereocenters. The molecule has 0 spiro atoms. The number of thiocarbonyl (C=S) groups is 1. The highest BCUT2D eigenvalue weighted by Gasteiger charge is 2.49. The van der Waals surface area contributed by atoms with E-state index in [9.17, 15) is 23.1 Å². The third-order valence-corrected chi connectivity index (χ3v) is 11.3. The molecule has 4 aromatic rings. The summed E-state index contributed by atoms with van der Waals surface area (Å²) in [5.74, 6) is 0.767. The fourth-order valence-corrected chi connectivity index (χ4v) is 8.05. The van der Waals surface area contributed by atoms with Gasteiger partial charge in [0.2, 0.25) is 5.91 Å². The van der Waals surface area contributed by atoms with Crippen LogP contribution in [0.3, 0.4) is 0 Å². The highest BCUT2D eigenvalue weighted by atomic mass is 32.2. The summed E-state index contributed by atoms with van der Waals surface area (Å²) in [6.07, 6.45) is -3.36. The van der Waals surface area contributed by atoms with Gasteiger partial charge in [-0.2, -0.15) is 0 Å². The lowest BCUT2D eigenvalue weighted by atomic mass is 9.80. The van der Waals surface area contributed by atoms with Crippen LogP contribution in [0.2, 0.25) is 0 Å². The van der Waals surface area contributed by atoms with Gasteiger partial charge in [0.1, 0.15) is 29.3 Å². The molecule has 0 bridgehead atoms. The molecule has 2 aliphatic rings. The van der Waals surface area contributed by atoms with Crippen molar-refractivity contribution in [1.82, 2.24) is 9.47 Å². The molecule has 1 amide bonds. The van der Waals surface area contributed by atoms with Gasteiger partial charge in [-0.05, 0) is 59.2 Å². The Balaban J connectivity index is 1.37. The van der Waals surface area contributed by atoms with Crippen LogP contribution in [0.15, 0.2) is 102 Å². The van der Waals surface area contributed by atoms with Crippen LogP contribution >= 0.6 is 12.2 Å². The number of methoxy groups -OCH3 is 2. The van der Waals surface area contributed by atoms with E-state index in [2.05, 4.69) is 5.32 Å². The molecule has 6 rings (SSSR count). The minimum absolute atomic E-state index is 0.0304. The normalized spacial score (nSPS) is 21.1. The number of nitrogens with zero attached hydrogens (tertiary/aromatic N) is 2. The topological polar surface area (TPSA) is 155 Å². The number of amides is 1. The van der Waals surface area contributed by atoms with Crippen molar-refractivity contribution in [1.29, 1.82) is 0 Å². The van der Waals surface area contributed by atoms with Gasteiger partial charge in [0, 0.05) is 38.0 Å². The number of rotatable bonds is 11. The van der Waals surface area contributed by atoms with Crippen molar-refractivity contribution >= 4 is 38.8 Å². The van der Waals surface area contributed by atoms with E-state index in [1.807, 2.05) is 78.9 Å². The first-order chi connectivity index (χ1) is 25.4. The Labute approximate surface area is 312 Å². The second kappa shape index (κ2) is 16.1. The molecule has 0 saturated carbocycles. The fourth-order valence-electron chi connectivity index (χ4n) is 6.56. The molecule has 2 saturated heterocycles. The SMILES string of the molecule is COc1ccc(C(OC[C@H]2O[C@@H](n3ccc(NC(C)=O)cc3=O)C(OC(=S)N3CCS(=O)(=O)CC3)C2O)(c2ccccc2)c2ccc(OC)cc2)cc1. The van der Waals surface area contributed by atoms with Gasteiger partial charge in [-0.1, -0.05) is 54.6 Å². The lowest BCUT2D eigenvalue weighted by molar-refractivity contribution is -0.114. The van der Waals surface area contributed by atoms with Crippen molar-refractivity contribution in [2.45, 2.75) is 37.1 Å². The summed E-state index contributed by atoms with van der Waals surface area (Å²) in [5, 5.41) is 14.5. The molecule has 2 fully saturated rings. The molecule has 2 aliphatic heterocycles. The first-order valence-electron chi connectivity index (χ1n) is 16.9. The maximum atomic E-state index is 13.4. The number of benzene rings is 3. The number of anilines is 1. The highest BCUT2D eigenvalue weighted by molar-refractivity contribution is 7.91. The van der Waals surface area contributed by atoms with Gasteiger partial charge in [0.25, 0.3) is 10.7 Å². The monoisotopic (exact) mass is 763 g/mol. The third-order valence-electron chi connectivity index (χ3n) is 9.33. The Kier molecular flexibility index (Phi) is 11.5. The third kappa shape index (κ3) is 8.24. The molecule has 53 heavy (non-hydrogen) atoms. The van der Waals surface area contributed by atoms with Gasteiger partial charge in [0.15, 0.2) is 22.2 Å². The highest BCUT2D eigenvalue weighted by Crippen LogP contribution is 2.43. The Morgan fingerprint density at radius 2 is 1.49 bits per heavy atom. The Morgan fingerprint density at radius 3 is 2.02 bits per heavy atom. The van der Waals surface area contributed by atoms with Gasteiger partial charge in [0.05, 0.1) is 32.3 Å². The number of aliphatic hydroxyl groups is 1. The second-order valence-corrected chi connectivity index (χ2v) is 15.4. The number of pyridine rings is 1. The maximum Gasteiger partial charge on any atom is 0.259 e. The van der Waals surface area contributed by atoms with Crippen LogP contribution in [0.1, 0.15) is 29.8 Å². The molecule has 2 N–H and O–H groups in total. The van der Waals surface area contributed by atoms with Gasteiger partial charge in [-0.3, -0.25) is 14.2 Å². The number of aliphatic hydroxyl groups excluding tert-OH is 1. The summed E-state index contributed by atoms with van der Waals surface area (Å²) in [4.78, 5) is 26.7. The van der Waals surface area contributed by atoms with Gasteiger partial charge in [-0.25, -0.2) is 8.42 Å². The standard InChI is InChI=1S/C38H41N3O10S2/c1-25(42)39-29-17-18-41(33(43)23-29)36-35(51-37(52)40-19-21-53(45,46)22-20-40)34(44)32(50-36)24-49-38(26-7-5-4-6-8-26,27-9-13-30(47-2)14-10-27)28-11-15-31(48-3)16-12-28/h4-18,23,32,34-36,44H,19-22,24H2,1-3H3,(H,39,42)/t32-,34?,35?,36-/m1/s1. The number of sulfone groups is 1. The van der Waals surface area contributed by atoms with E-state index in [0.717, 1.165) is 16.7 Å². The quantitative estimate of drug-likeness (QED) is 0.170. The van der Waals surface area contributed by atoms with Crippen molar-refractivity contribution in [3.8, 4) is 11.5 Å². The molecule has 3 heterocycles. The van der Waals surface area contributed by atoms with Crippen LogP contribution in [0, 0.1) is 0 Å². The minimum atomic E-state index is -3.20. The number of hydrogen-bond acceptors (Lipinski definition) is 11. The molecule has 280 valence electrons. The minimum Gasteiger partial charge on any atom is -0.497 e. The van der Waals surface area contributed by atoms with E-state index in [0.29, 0.717) is 11.5 Å². The van der Waals surface area contributed by atoms with Crippen molar-refractivity contribution in [2.75, 3.05) is 50.7 Å². The van der Waals surface area contributed by atoms with E-state index >= 15 is 0 Å². The molecule has 0 aliphatic carbocycles. The zero-order valence-electron chi connectivity index (χ0n) is 29.4. The average molecular weight is 764 g/mol. The smallest absolute Gasteiger partial charge is 0.259 e. The Bertz CT molecular complexity index is 2010. The molecular weight excluding hydrogens is 723 g/mol. The lowest BCUT2D eigenvalue weighted by Gasteiger charge is -2.37. The van der Waals surface area contributed by atoms with Gasteiger partial charge >= 0.3 is 0 Å². The van der Waals surface area contributed by atoms with Gasteiger partial charge in [-0.15, -0.1) is 0 Å². The Morgan fingerprint density at radius 1 is 0.925 bits per heavy atom. The van der Waals surface area contributed by atoms with Gasteiger partial charge < -0.3 is 39.0 Å². The van der Waals surface area contributed by atoms with Crippen LogP contribution in [0.4, 0.5) is 5.69 Å². The van der Waals surface area contributed by atoms with E-state index in [4.69, 9.17) is 35.9 Å². The fraction of sp³-hybridized carbons (Fsp3) is 0.342. The zero-order valence-corrected chi connectivity index (χ0v) is 31.0. The first-order valence-corrected chi connectivity index (χ1v) is 19.1. The summed E-state index contributed by atoms with van der Waals surface area (Å²) in [6.45, 7) is 1.39. The number of nitrogens with one attached hydrogen (secondary N) is 1. The summed E-state index contributed by atoms with van der Waals surface area (Å²) in [5.41, 5.74) is 0.830. The largest absolute Gasteiger partial charge is 0.497 e. The maximum absolute atomic E-state index is 13.4. The predicted octanol–water partition coefficient (Wildman–Crippen LogP) is 3.49. The number of hydrogen-bond donors (Lipinski definition) is 2. The van der Waals surface area contributed by atoms with E-state index in [1.54, 1.807) is 19.1 Å². The summed E-state index contributed by atoms with van der Waals surface area (Å²) in [6, 6.07) is 27.4. The number of carbonyl (C=O) groups is 1. The van der Waals surface area contributed by atoms with Crippen molar-refractivity contribution in [2.24, 2.45) is 0 Å².